The Balaban J connectivity index is 1.61. The Hall–Kier alpha value is -5.04. The maximum atomic E-state index is 13.5. The van der Waals surface area contributed by atoms with Crippen LogP contribution in [0.3, 0.4) is 0 Å². The van der Waals surface area contributed by atoms with Gasteiger partial charge in [-0.25, -0.2) is 4.79 Å². The SMILES string of the molecule is CC(C)C[C@H]1NC(=O)[C@@H](C)NC(=O)c2cc(on2)CN(Cc2ccc(C(=O)O)cc2)CCNC(=O)[C@@H](Cc2ccccc2)NC1=O. The number of fused-ring (bicyclic) bond motifs is 2. The normalized spacial score (nSPS) is 20.6. The molecule has 2 aromatic carbocycles. The maximum absolute atomic E-state index is 13.5. The second-order valence-electron chi connectivity index (χ2n) is 11.8. The third kappa shape index (κ3) is 9.73. The predicted octanol–water partition coefficient (Wildman–Crippen LogP) is 1.88. The van der Waals surface area contributed by atoms with Gasteiger partial charge in [-0.05, 0) is 42.5 Å². The summed E-state index contributed by atoms with van der Waals surface area (Å²) in [5, 5.41) is 24.2. The van der Waals surface area contributed by atoms with E-state index in [1.165, 1.54) is 25.1 Å². The number of carboxylic acids is 1. The fourth-order valence-corrected chi connectivity index (χ4v) is 5.07. The molecule has 0 saturated heterocycles. The number of benzene rings is 2. The van der Waals surface area contributed by atoms with Crippen molar-refractivity contribution >= 4 is 29.6 Å². The minimum atomic E-state index is -1.03. The van der Waals surface area contributed by atoms with E-state index in [2.05, 4.69) is 26.4 Å². The molecule has 0 aliphatic carbocycles. The summed E-state index contributed by atoms with van der Waals surface area (Å²) in [6.45, 7) is 6.48. The van der Waals surface area contributed by atoms with Gasteiger partial charge in [-0.1, -0.05) is 61.5 Å². The zero-order valence-electron chi connectivity index (χ0n) is 26.1. The Labute approximate surface area is 267 Å². The van der Waals surface area contributed by atoms with Crippen molar-refractivity contribution in [3.63, 3.8) is 0 Å². The summed E-state index contributed by atoms with van der Waals surface area (Å²) in [6, 6.07) is 14.3. The number of aromatic nitrogens is 1. The van der Waals surface area contributed by atoms with Gasteiger partial charge < -0.3 is 30.9 Å². The fourth-order valence-electron chi connectivity index (χ4n) is 5.07. The van der Waals surface area contributed by atoms with Crippen LogP contribution in [-0.4, -0.2) is 76.0 Å². The van der Waals surface area contributed by atoms with E-state index in [-0.39, 0.29) is 42.6 Å². The van der Waals surface area contributed by atoms with Crippen LogP contribution < -0.4 is 21.3 Å². The van der Waals surface area contributed by atoms with Gasteiger partial charge >= 0.3 is 5.97 Å². The highest BCUT2D eigenvalue weighted by molar-refractivity contribution is 5.97. The summed E-state index contributed by atoms with van der Waals surface area (Å²) in [6.07, 6.45) is 0.542. The molecule has 1 aliphatic rings. The molecule has 0 saturated carbocycles. The molecule has 1 aromatic heterocycles. The first-order chi connectivity index (χ1) is 22.0. The van der Waals surface area contributed by atoms with Gasteiger partial charge in [0.2, 0.25) is 17.7 Å². The molecule has 3 atom stereocenters. The number of hydrogen-bond donors (Lipinski definition) is 5. The van der Waals surface area contributed by atoms with Crippen molar-refractivity contribution in [2.75, 3.05) is 13.1 Å². The molecule has 0 spiro atoms. The van der Waals surface area contributed by atoms with E-state index in [4.69, 9.17) is 4.52 Å². The van der Waals surface area contributed by atoms with Crippen molar-refractivity contribution in [1.82, 2.24) is 31.3 Å². The highest BCUT2D eigenvalue weighted by Gasteiger charge is 2.30. The van der Waals surface area contributed by atoms with Gasteiger partial charge in [-0.3, -0.25) is 24.1 Å². The number of nitrogens with zero attached hydrogens (tertiary/aromatic N) is 2. The van der Waals surface area contributed by atoms with Crippen molar-refractivity contribution in [1.29, 1.82) is 0 Å². The van der Waals surface area contributed by atoms with Gasteiger partial charge in [0.25, 0.3) is 5.91 Å². The fraction of sp³-hybridized carbons (Fsp3) is 0.394. The van der Waals surface area contributed by atoms with Gasteiger partial charge in [0.05, 0.1) is 12.1 Å². The molecular formula is C33H40N6O7. The average Bonchev–Trinajstić information content (AvgIpc) is 3.49. The standard InChI is InChI=1S/C33H40N6O7/c1-20(2)15-26-31(42)37-27(16-22-7-5-4-6-8-22)30(41)34-13-14-39(18-23-9-11-24(12-10-23)33(44)45)19-25-17-28(38-46-25)32(43)35-21(3)29(40)36-26/h4-12,17,20-21,26-27H,13-16,18-19H2,1-3H3,(H,34,41)(H,35,43)(H,36,40)(H,37,42)(H,44,45)/t21-,26-,27-/m1/s1. The summed E-state index contributed by atoms with van der Waals surface area (Å²) in [7, 11) is 0. The lowest BCUT2D eigenvalue weighted by molar-refractivity contribution is -0.132. The van der Waals surface area contributed by atoms with Crippen LogP contribution in [-0.2, 0) is 33.9 Å². The second kappa shape index (κ2) is 15.8. The molecule has 1 aliphatic heterocycles. The molecule has 3 aromatic rings. The Morgan fingerprint density at radius 1 is 0.935 bits per heavy atom. The van der Waals surface area contributed by atoms with Crippen LogP contribution >= 0.6 is 0 Å². The van der Waals surface area contributed by atoms with Gasteiger partial charge in [0.1, 0.15) is 18.1 Å². The van der Waals surface area contributed by atoms with Crippen molar-refractivity contribution in [3.05, 3.63) is 88.8 Å². The van der Waals surface area contributed by atoms with Crippen LogP contribution in [0.15, 0.2) is 65.2 Å². The van der Waals surface area contributed by atoms with Crippen LogP contribution in [0, 0.1) is 5.92 Å². The van der Waals surface area contributed by atoms with Crippen molar-refractivity contribution in [2.45, 2.75) is 64.8 Å². The van der Waals surface area contributed by atoms with Crippen LogP contribution in [0.25, 0.3) is 0 Å². The Morgan fingerprint density at radius 3 is 2.30 bits per heavy atom. The minimum absolute atomic E-state index is 0.0185. The summed E-state index contributed by atoms with van der Waals surface area (Å²) in [4.78, 5) is 66.4. The number of nitrogens with one attached hydrogen (secondary N) is 4. The van der Waals surface area contributed by atoms with Crippen molar-refractivity contribution in [2.24, 2.45) is 5.92 Å². The average molecular weight is 633 g/mol. The summed E-state index contributed by atoms with van der Waals surface area (Å²) >= 11 is 0. The second-order valence-corrected chi connectivity index (χ2v) is 11.8. The first kappa shape index (κ1) is 33.8. The van der Waals surface area contributed by atoms with E-state index in [0.29, 0.717) is 25.3 Å². The molecule has 0 fully saturated rings. The molecule has 4 rings (SSSR count). The van der Waals surface area contributed by atoms with Crippen molar-refractivity contribution in [3.8, 4) is 0 Å². The van der Waals surface area contributed by atoms with E-state index in [9.17, 15) is 29.1 Å². The quantitative estimate of drug-likeness (QED) is 0.260. The lowest BCUT2D eigenvalue weighted by Crippen LogP contribution is -2.57. The van der Waals surface area contributed by atoms with Gasteiger partial charge in [0, 0.05) is 32.1 Å². The third-order valence-corrected chi connectivity index (χ3v) is 7.50. The molecule has 13 nitrogen and oxygen atoms in total. The van der Waals surface area contributed by atoms with E-state index in [1.807, 2.05) is 49.1 Å². The number of aromatic carboxylic acids is 1. The summed E-state index contributed by atoms with van der Waals surface area (Å²) < 4.78 is 5.44. The van der Waals surface area contributed by atoms with Crippen LogP contribution in [0.5, 0.6) is 0 Å². The molecule has 2 bridgehead atoms. The molecule has 0 radical (unpaired) electrons. The number of carbonyl (C=O) groups excluding carboxylic acids is 4. The van der Waals surface area contributed by atoms with E-state index in [0.717, 1.165) is 11.1 Å². The Morgan fingerprint density at radius 2 is 1.63 bits per heavy atom. The molecule has 0 unspecified atom stereocenters. The number of hydrogen-bond acceptors (Lipinski definition) is 8. The molecular weight excluding hydrogens is 592 g/mol. The smallest absolute Gasteiger partial charge is 0.335 e. The van der Waals surface area contributed by atoms with Gasteiger partial charge in [-0.2, -0.15) is 0 Å². The predicted molar refractivity (Wildman–Crippen MR) is 167 cm³/mol. The lowest BCUT2D eigenvalue weighted by Gasteiger charge is -2.26. The van der Waals surface area contributed by atoms with Crippen LogP contribution in [0.1, 0.15) is 64.9 Å². The van der Waals surface area contributed by atoms with E-state index in [1.54, 1.807) is 12.1 Å². The van der Waals surface area contributed by atoms with Crippen molar-refractivity contribution < 1.29 is 33.6 Å². The molecule has 2 heterocycles. The van der Waals surface area contributed by atoms with E-state index < -0.39 is 41.8 Å². The van der Waals surface area contributed by atoms with Gasteiger partial charge in [0.15, 0.2) is 11.5 Å². The zero-order valence-corrected chi connectivity index (χ0v) is 26.1. The highest BCUT2D eigenvalue weighted by Crippen LogP contribution is 2.14. The van der Waals surface area contributed by atoms with E-state index >= 15 is 0 Å². The Bertz CT molecular complexity index is 1520. The first-order valence-corrected chi connectivity index (χ1v) is 15.2. The highest BCUT2D eigenvalue weighted by atomic mass is 16.5. The first-order valence-electron chi connectivity index (χ1n) is 15.2. The topological polar surface area (TPSA) is 183 Å². The molecule has 13 heteroatoms. The Kier molecular flexibility index (Phi) is 11.6. The summed E-state index contributed by atoms with van der Waals surface area (Å²) in [5.41, 5.74) is 1.81. The maximum Gasteiger partial charge on any atom is 0.335 e. The number of amides is 4. The molecule has 46 heavy (non-hydrogen) atoms. The third-order valence-electron chi connectivity index (χ3n) is 7.50. The number of rotatable bonds is 7. The number of carbonyl (C=O) groups is 5. The molecule has 244 valence electrons. The molecule has 4 amide bonds. The zero-order chi connectivity index (χ0) is 33.2. The van der Waals surface area contributed by atoms with Crippen LogP contribution in [0.4, 0.5) is 0 Å². The monoisotopic (exact) mass is 632 g/mol. The lowest BCUT2D eigenvalue weighted by atomic mass is 10.0. The minimum Gasteiger partial charge on any atom is -0.478 e. The number of carboxylic acid groups (broad SMARTS) is 1. The van der Waals surface area contributed by atoms with Crippen LogP contribution in [0.2, 0.25) is 0 Å². The largest absolute Gasteiger partial charge is 0.478 e. The van der Waals surface area contributed by atoms with Gasteiger partial charge in [-0.15, -0.1) is 0 Å². The molecule has 5 N–H and O–H groups in total. The summed E-state index contributed by atoms with van der Waals surface area (Å²) in [5.74, 6) is -2.69.